The van der Waals surface area contributed by atoms with Crippen molar-refractivity contribution in [2.24, 2.45) is 5.92 Å². The molecule has 0 aliphatic rings. The molecule has 0 heterocycles. The minimum atomic E-state index is -0.805. The Morgan fingerprint density at radius 2 is 1.74 bits per heavy atom. The van der Waals surface area contributed by atoms with Gasteiger partial charge in [-0.2, -0.15) is 0 Å². The molecule has 19 heavy (non-hydrogen) atoms. The van der Waals surface area contributed by atoms with Gasteiger partial charge in [-0.3, -0.25) is 19.7 Å². The molecule has 0 fully saturated rings. The summed E-state index contributed by atoms with van der Waals surface area (Å²) in [5, 5.41) is 10.5. The summed E-state index contributed by atoms with van der Waals surface area (Å²) in [6.07, 6.45) is -0.560. The molecule has 0 saturated carbocycles. The van der Waals surface area contributed by atoms with E-state index in [1.165, 1.54) is 38.1 Å². The number of hydrogen-bond acceptors (Lipinski definition) is 5. The summed E-state index contributed by atoms with van der Waals surface area (Å²) in [4.78, 5) is 32.6. The first-order valence-corrected chi connectivity index (χ1v) is 5.78. The summed E-state index contributed by atoms with van der Waals surface area (Å²) >= 11 is 0. The summed E-state index contributed by atoms with van der Waals surface area (Å²) in [5.74, 6) is -1.67. The van der Waals surface area contributed by atoms with E-state index in [0.29, 0.717) is 5.56 Å². The van der Waals surface area contributed by atoms with Crippen molar-refractivity contribution in [3.8, 4) is 0 Å². The standard InChI is InChI=1S/C13H15NO5/c1-8(9(2)15)13(16)19-10(3)11-4-6-12(7-5-11)14(17)18/h4-8,10H,1-3H3/t8?,10-/m0/s1. The van der Waals surface area contributed by atoms with Crippen LogP contribution < -0.4 is 0 Å². The second kappa shape index (κ2) is 6.08. The lowest BCUT2D eigenvalue weighted by Crippen LogP contribution is -2.22. The van der Waals surface area contributed by atoms with Gasteiger partial charge in [-0.05, 0) is 38.5 Å². The van der Waals surface area contributed by atoms with Gasteiger partial charge in [-0.25, -0.2) is 0 Å². The molecule has 0 aliphatic heterocycles. The third kappa shape index (κ3) is 3.87. The van der Waals surface area contributed by atoms with Crippen LogP contribution in [0.1, 0.15) is 32.4 Å². The largest absolute Gasteiger partial charge is 0.457 e. The van der Waals surface area contributed by atoms with E-state index in [1.54, 1.807) is 6.92 Å². The maximum Gasteiger partial charge on any atom is 0.316 e. The normalized spacial score (nSPS) is 13.4. The highest BCUT2D eigenvalue weighted by Gasteiger charge is 2.22. The summed E-state index contributed by atoms with van der Waals surface area (Å²) in [5.41, 5.74) is 0.606. The van der Waals surface area contributed by atoms with Gasteiger partial charge in [-0.1, -0.05) is 0 Å². The van der Waals surface area contributed by atoms with Crippen molar-refractivity contribution in [2.75, 3.05) is 0 Å². The number of rotatable bonds is 5. The zero-order chi connectivity index (χ0) is 14.6. The number of non-ortho nitro benzene ring substituents is 1. The van der Waals surface area contributed by atoms with Gasteiger partial charge in [-0.15, -0.1) is 0 Å². The van der Waals surface area contributed by atoms with Crippen molar-refractivity contribution >= 4 is 17.4 Å². The van der Waals surface area contributed by atoms with E-state index in [9.17, 15) is 19.7 Å². The molecule has 1 aromatic carbocycles. The fourth-order valence-electron chi connectivity index (χ4n) is 1.38. The molecule has 0 saturated heterocycles. The number of carbonyl (C=O) groups excluding carboxylic acids is 2. The Kier molecular flexibility index (Phi) is 4.74. The summed E-state index contributed by atoms with van der Waals surface area (Å²) < 4.78 is 5.13. The van der Waals surface area contributed by atoms with Gasteiger partial charge in [0.1, 0.15) is 17.8 Å². The van der Waals surface area contributed by atoms with E-state index in [4.69, 9.17) is 4.74 Å². The van der Waals surface area contributed by atoms with Crippen LogP contribution >= 0.6 is 0 Å². The Labute approximate surface area is 110 Å². The Hall–Kier alpha value is -2.24. The average molecular weight is 265 g/mol. The number of benzene rings is 1. The van der Waals surface area contributed by atoms with Crippen molar-refractivity contribution in [1.29, 1.82) is 0 Å². The SMILES string of the molecule is CC(=O)C(C)C(=O)O[C@@H](C)c1ccc([N+](=O)[O-])cc1. The minimum Gasteiger partial charge on any atom is -0.457 e. The summed E-state index contributed by atoms with van der Waals surface area (Å²) in [6, 6.07) is 5.73. The van der Waals surface area contributed by atoms with Crippen LogP contribution in [0, 0.1) is 16.0 Å². The van der Waals surface area contributed by atoms with E-state index in [2.05, 4.69) is 0 Å². The molecule has 2 atom stereocenters. The Morgan fingerprint density at radius 3 is 2.16 bits per heavy atom. The van der Waals surface area contributed by atoms with Crippen LogP contribution in [0.5, 0.6) is 0 Å². The molecule has 1 aromatic rings. The van der Waals surface area contributed by atoms with Gasteiger partial charge < -0.3 is 4.74 Å². The first-order valence-electron chi connectivity index (χ1n) is 5.78. The summed E-state index contributed by atoms with van der Waals surface area (Å²) in [6.45, 7) is 4.45. The molecule has 6 heteroatoms. The number of hydrogen-bond donors (Lipinski definition) is 0. The highest BCUT2D eigenvalue weighted by Crippen LogP contribution is 2.21. The Balaban J connectivity index is 2.73. The third-order valence-electron chi connectivity index (χ3n) is 2.83. The fourth-order valence-corrected chi connectivity index (χ4v) is 1.38. The van der Waals surface area contributed by atoms with Crippen LogP contribution in [-0.2, 0) is 14.3 Å². The van der Waals surface area contributed by atoms with Gasteiger partial charge in [0, 0.05) is 12.1 Å². The summed E-state index contributed by atoms with van der Waals surface area (Å²) in [7, 11) is 0. The van der Waals surface area contributed by atoms with Gasteiger partial charge in [0.25, 0.3) is 5.69 Å². The Morgan fingerprint density at radius 1 is 1.21 bits per heavy atom. The van der Waals surface area contributed by atoms with E-state index < -0.39 is 22.9 Å². The molecule has 0 aromatic heterocycles. The number of carbonyl (C=O) groups is 2. The van der Waals surface area contributed by atoms with Gasteiger partial charge in [0.2, 0.25) is 0 Å². The number of nitro groups is 1. The maximum absolute atomic E-state index is 11.6. The predicted molar refractivity (Wildman–Crippen MR) is 67.4 cm³/mol. The highest BCUT2D eigenvalue weighted by molar-refractivity contribution is 5.97. The first kappa shape index (κ1) is 14.8. The molecule has 1 unspecified atom stereocenters. The topological polar surface area (TPSA) is 86.5 Å². The van der Waals surface area contributed by atoms with Gasteiger partial charge >= 0.3 is 5.97 Å². The Bertz CT molecular complexity index is 494. The van der Waals surface area contributed by atoms with Crippen molar-refractivity contribution in [3.63, 3.8) is 0 Å². The number of Topliss-reactive ketones (excluding diaryl/α,β-unsaturated/α-hetero) is 1. The van der Waals surface area contributed by atoms with Gasteiger partial charge in [0.15, 0.2) is 0 Å². The van der Waals surface area contributed by atoms with E-state index in [1.807, 2.05) is 0 Å². The van der Waals surface area contributed by atoms with Crippen LogP contribution in [0.15, 0.2) is 24.3 Å². The number of esters is 1. The average Bonchev–Trinajstić information content (AvgIpc) is 2.37. The van der Waals surface area contributed by atoms with Crippen molar-refractivity contribution in [2.45, 2.75) is 26.9 Å². The third-order valence-corrected chi connectivity index (χ3v) is 2.83. The molecule has 0 amide bonds. The molecule has 0 bridgehead atoms. The van der Waals surface area contributed by atoms with Crippen molar-refractivity contribution in [3.05, 3.63) is 39.9 Å². The smallest absolute Gasteiger partial charge is 0.316 e. The van der Waals surface area contributed by atoms with Crippen LogP contribution in [0.3, 0.4) is 0 Å². The van der Waals surface area contributed by atoms with E-state index in [-0.39, 0.29) is 11.5 Å². The van der Waals surface area contributed by atoms with Crippen LogP contribution in [-0.4, -0.2) is 16.7 Å². The lowest BCUT2D eigenvalue weighted by atomic mass is 10.1. The van der Waals surface area contributed by atoms with E-state index in [0.717, 1.165) is 0 Å². The number of ether oxygens (including phenoxy) is 1. The molecule has 0 aliphatic carbocycles. The fraction of sp³-hybridized carbons (Fsp3) is 0.385. The molecular formula is C13H15NO5. The first-order chi connectivity index (χ1) is 8.82. The zero-order valence-electron chi connectivity index (χ0n) is 11.0. The molecule has 0 spiro atoms. The van der Waals surface area contributed by atoms with Crippen LogP contribution in [0.2, 0.25) is 0 Å². The maximum atomic E-state index is 11.6. The molecule has 6 nitrogen and oxygen atoms in total. The van der Waals surface area contributed by atoms with Crippen molar-refractivity contribution < 1.29 is 19.2 Å². The quantitative estimate of drug-likeness (QED) is 0.353. The molecular weight excluding hydrogens is 250 g/mol. The van der Waals surface area contributed by atoms with Gasteiger partial charge in [0.05, 0.1) is 4.92 Å². The lowest BCUT2D eigenvalue weighted by Gasteiger charge is -2.15. The monoisotopic (exact) mass is 265 g/mol. The number of ketones is 1. The van der Waals surface area contributed by atoms with Crippen molar-refractivity contribution in [1.82, 2.24) is 0 Å². The zero-order valence-corrected chi connectivity index (χ0v) is 11.0. The molecule has 1 rings (SSSR count). The lowest BCUT2D eigenvalue weighted by molar-refractivity contribution is -0.384. The number of nitrogens with zero attached hydrogens (tertiary/aromatic N) is 1. The molecule has 0 radical (unpaired) electrons. The van der Waals surface area contributed by atoms with Crippen LogP contribution in [0.4, 0.5) is 5.69 Å². The molecule has 102 valence electrons. The predicted octanol–water partition coefficient (Wildman–Crippen LogP) is 2.42. The minimum absolute atomic E-state index is 0.0284. The van der Waals surface area contributed by atoms with E-state index >= 15 is 0 Å². The highest BCUT2D eigenvalue weighted by atomic mass is 16.6. The second-order valence-corrected chi connectivity index (χ2v) is 4.26. The van der Waals surface area contributed by atoms with Crippen LogP contribution in [0.25, 0.3) is 0 Å². The second-order valence-electron chi connectivity index (χ2n) is 4.26. The number of nitro benzene ring substituents is 1. The molecule has 0 N–H and O–H groups in total.